The molecular formula is C21H12MnN2O9S2. The maximum absolute atomic E-state index is 12.7. The Kier molecular flexibility index (Phi) is 6.99. The predicted molar refractivity (Wildman–Crippen MR) is 115 cm³/mol. The SMILES string of the molecule is O=C([O-])c1cc2ccccc2c(N=Nc2c(S(=O)(=O)O)cc3ccccc3c2S(=O)(=O)O)c1[O-].[Mn+2]. The van der Waals surface area contributed by atoms with Crippen molar-refractivity contribution in [3.63, 3.8) is 0 Å². The standard InChI is InChI=1S/C21H14N2O9S2.Mn/c24-19-15(21(25)26)9-11-5-1-3-7-13(11)17(19)22-23-18-16(33(27,28)29)10-12-6-2-4-8-14(12)20(18)34(30,31)32;/h1-10,24H,(H,25,26)(H,27,28,29)(H,30,31,32);/q;+2/p-2. The molecule has 0 aliphatic rings. The number of carbonyl (C=O) groups is 1. The monoisotopic (exact) mass is 555 g/mol. The number of hydrogen-bond donors (Lipinski definition) is 2. The minimum Gasteiger partial charge on any atom is -0.871 e. The van der Waals surface area contributed by atoms with Gasteiger partial charge in [0, 0.05) is 10.8 Å². The summed E-state index contributed by atoms with van der Waals surface area (Å²) < 4.78 is 68.1. The first-order valence-corrected chi connectivity index (χ1v) is 12.1. The van der Waals surface area contributed by atoms with Crippen molar-refractivity contribution in [1.29, 1.82) is 0 Å². The minimum absolute atomic E-state index is 0. The van der Waals surface area contributed by atoms with Gasteiger partial charge < -0.3 is 15.0 Å². The molecule has 2 N–H and O–H groups in total. The van der Waals surface area contributed by atoms with Crippen LogP contribution >= 0.6 is 0 Å². The van der Waals surface area contributed by atoms with Crippen LogP contribution in [0.5, 0.6) is 5.75 Å². The van der Waals surface area contributed by atoms with Gasteiger partial charge in [-0.15, -0.1) is 5.11 Å². The second kappa shape index (κ2) is 9.34. The number of aromatic carboxylic acids is 1. The van der Waals surface area contributed by atoms with E-state index < -0.39 is 58.7 Å². The van der Waals surface area contributed by atoms with Crippen molar-refractivity contribution in [2.75, 3.05) is 0 Å². The fourth-order valence-corrected chi connectivity index (χ4v) is 5.08. The number of benzene rings is 4. The minimum atomic E-state index is -5.13. The first-order chi connectivity index (χ1) is 15.9. The molecule has 0 aliphatic heterocycles. The molecule has 0 saturated carbocycles. The Morgan fingerprint density at radius 2 is 1.29 bits per heavy atom. The van der Waals surface area contributed by atoms with Crippen LogP contribution in [0, 0.1) is 0 Å². The molecule has 0 aliphatic carbocycles. The van der Waals surface area contributed by atoms with Gasteiger partial charge >= 0.3 is 17.1 Å². The average molecular weight is 555 g/mol. The van der Waals surface area contributed by atoms with E-state index in [1.807, 2.05) is 0 Å². The molecule has 0 bridgehead atoms. The normalized spacial score (nSPS) is 12.2. The number of carboxylic acids is 1. The van der Waals surface area contributed by atoms with Crippen LogP contribution in [0.1, 0.15) is 10.4 Å². The molecule has 0 spiro atoms. The fraction of sp³-hybridized carbons (Fsp3) is 0. The van der Waals surface area contributed by atoms with Crippen molar-refractivity contribution < 1.29 is 58.0 Å². The summed E-state index contributed by atoms with van der Waals surface area (Å²) in [6, 6.07) is 13.4. The molecule has 35 heavy (non-hydrogen) atoms. The third-order valence-electron chi connectivity index (χ3n) is 4.92. The second-order valence-electron chi connectivity index (χ2n) is 7.03. The third-order valence-corrected chi connectivity index (χ3v) is 6.72. The van der Waals surface area contributed by atoms with E-state index in [0.717, 1.165) is 12.1 Å². The molecule has 0 heterocycles. The smallest absolute Gasteiger partial charge is 0.871 e. The number of hydrogen-bond acceptors (Lipinski definition) is 9. The number of rotatable bonds is 5. The van der Waals surface area contributed by atoms with Crippen molar-refractivity contribution in [2.24, 2.45) is 10.2 Å². The largest absolute Gasteiger partial charge is 2.00 e. The van der Waals surface area contributed by atoms with Gasteiger partial charge in [0.2, 0.25) is 0 Å². The first kappa shape index (κ1) is 26.2. The molecule has 179 valence electrons. The van der Waals surface area contributed by atoms with E-state index >= 15 is 0 Å². The quantitative estimate of drug-likeness (QED) is 0.211. The molecular weight excluding hydrogens is 543 g/mol. The van der Waals surface area contributed by atoms with Gasteiger partial charge in [-0.05, 0) is 28.5 Å². The van der Waals surface area contributed by atoms with E-state index in [0.29, 0.717) is 0 Å². The molecule has 0 aromatic heterocycles. The van der Waals surface area contributed by atoms with Gasteiger partial charge in [-0.3, -0.25) is 9.11 Å². The maximum Gasteiger partial charge on any atom is 2.00 e. The summed E-state index contributed by atoms with van der Waals surface area (Å²) in [5.74, 6) is -2.92. The van der Waals surface area contributed by atoms with Gasteiger partial charge in [-0.1, -0.05) is 54.3 Å². The summed E-state index contributed by atoms with van der Waals surface area (Å²) in [4.78, 5) is 9.42. The summed E-state index contributed by atoms with van der Waals surface area (Å²) in [7, 11) is -10.2. The fourth-order valence-electron chi connectivity index (χ4n) is 3.49. The number of carbonyl (C=O) groups excluding carboxylic acids is 1. The van der Waals surface area contributed by atoms with Gasteiger partial charge in [0.25, 0.3) is 20.2 Å². The van der Waals surface area contributed by atoms with Gasteiger partial charge in [0.15, 0.2) is 0 Å². The Hall–Kier alpha value is -3.39. The van der Waals surface area contributed by atoms with Gasteiger partial charge in [0.1, 0.15) is 15.5 Å². The van der Waals surface area contributed by atoms with Gasteiger partial charge in [-0.2, -0.15) is 21.9 Å². The average Bonchev–Trinajstić information content (AvgIpc) is 2.75. The molecule has 4 aromatic carbocycles. The van der Waals surface area contributed by atoms with Gasteiger partial charge in [0.05, 0.1) is 11.7 Å². The molecule has 0 fully saturated rings. The van der Waals surface area contributed by atoms with E-state index in [2.05, 4.69) is 10.2 Å². The molecule has 1 radical (unpaired) electrons. The van der Waals surface area contributed by atoms with Crippen LogP contribution in [0.3, 0.4) is 0 Å². The molecule has 4 rings (SSSR count). The number of fused-ring (bicyclic) bond motifs is 2. The Morgan fingerprint density at radius 1 is 0.771 bits per heavy atom. The van der Waals surface area contributed by atoms with E-state index in [1.165, 1.54) is 42.5 Å². The summed E-state index contributed by atoms with van der Waals surface area (Å²) in [6.07, 6.45) is 0. The van der Waals surface area contributed by atoms with Crippen molar-refractivity contribution >= 4 is 59.1 Å². The summed E-state index contributed by atoms with van der Waals surface area (Å²) >= 11 is 0. The van der Waals surface area contributed by atoms with E-state index in [9.17, 15) is 40.9 Å². The zero-order chi connectivity index (χ0) is 24.8. The summed E-state index contributed by atoms with van der Waals surface area (Å²) in [5, 5.41) is 31.7. The molecule has 0 unspecified atom stereocenters. The first-order valence-electron chi connectivity index (χ1n) is 9.26. The van der Waals surface area contributed by atoms with Crippen LogP contribution in [0.2, 0.25) is 0 Å². The molecule has 0 atom stereocenters. The maximum atomic E-state index is 12.7. The van der Waals surface area contributed by atoms with Crippen LogP contribution in [-0.2, 0) is 37.3 Å². The number of azo groups is 1. The summed E-state index contributed by atoms with van der Waals surface area (Å²) in [6.45, 7) is 0. The number of carboxylic acid groups (broad SMARTS) is 1. The Balaban J connectivity index is 0.00000342. The zero-order valence-corrected chi connectivity index (χ0v) is 19.9. The van der Waals surface area contributed by atoms with Crippen molar-refractivity contribution in [1.82, 2.24) is 0 Å². The van der Waals surface area contributed by atoms with Crippen LogP contribution < -0.4 is 10.2 Å². The molecule has 0 amide bonds. The molecule has 4 aromatic rings. The van der Waals surface area contributed by atoms with Crippen LogP contribution in [-0.4, -0.2) is 31.9 Å². The molecule has 11 nitrogen and oxygen atoms in total. The van der Waals surface area contributed by atoms with E-state index in [-0.39, 0.29) is 38.6 Å². The Labute approximate surface area is 208 Å². The Bertz CT molecular complexity index is 1750. The molecule has 0 saturated heterocycles. The van der Waals surface area contributed by atoms with Crippen molar-refractivity contribution in [2.45, 2.75) is 9.79 Å². The van der Waals surface area contributed by atoms with Crippen LogP contribution in [0.25, 0.3) is 21.5 Å². The Morgan fingerprint density at radius 3 is 1.83 bits per heavy atom. The third kappa shape index (κ3) is 4.89. The topological polar surface area (TPSA) is 197 Å². The van der Waals surface area contributed by atoms with Gasteiger partial charge in [-0.25, -0.2) is 0 Å². The zero-order valence-electron chi connectivity index (χ0n) is 17.1. The predicted octanol–water partition coefficient (Wildman–Crippen LogP) is 2.34. The van der Waals surface area contributed by atoms with Crippen LogP contribution in [0.15, 0.2) is 80.7 Å². The van der Waals surface area contributed by atoms with E-state index in [1.54, 1.807) is 6.07 Å². The summed E-state index contributed by atoms with van der Waals surface area (Å²) in [5.41, 5.74) is -2.27. The molecule has 14 heteroatoms. The second-order valence-corrected chi connectivity index (χ2v) is 9.78. The van der Waals surface area contributed by atoms with E-state index in [4.69, 9.17) is 0 Å². The van der Waals surface area contributed by atoms with Crippen molar-refractivity contribution in [3.8, 4) is 5.75 Å². The number of nitrogens with zero attached hydrogens (tertiary/aromatic N) is 2. The van der Waals surface area contributed by atoms with Crippen molar-refractivity contribution in [3.05, 3.63) is 66.2 Å². The van der Waals surface area contributed by atoms with Crippen LogP contribution in [0.4, 0.5) is 11.4 Å².